The van der Waals surface area contributed by atoms with Crippen molar-refractivity contribution in [1.29, 1.82) is 0 Å². The molecule has 0 aliphatic rings. The lowest BCUT2D eigenvalue weighted by molar-refractivity contribution is -0.899. The first-order valence-electron chi connectivity index (χ1n) is 17.3. The van der Waals surface area contributed by atoms with Crippen LogP contribution in [0.3, 0.4) is 0 Å². The summed E-state index contributed by atoms with van der Waals surface area (Å²) in [6.45, 7) is 3.40. The van der Waals surface area contributed by atoms with Gasteiger partial charge in [0.1, 0.15) is 13.2 Å². The van der Waals surface area contributed by atoms with Crippen molar-refractivity contribution in [2.24, 2.45) is 10.2 Å². The summed E-state index contributed by atoms with van der Waals surface area (Å²) in [5.41, 5.74) is 17.0. The van der Waals surface area contributed by atoms with Gasteiger partial charge in [0.2, 0.25) is 0 Å². The van der Waals surface area contributed by atoms with Gasteiger partial charge in [-0.25, -0.2) is 4.57 Å². The van der Waals surface area contributed by atoms with Crippen molar-refractivity contribution in [3.05, 3.63) is 20.9 Å². The summed E-state index contributed by atoms with van der Waals surface area (Å²) in [7, 11) is -2.78. The number of hydrogen-bond acceptors (Lipinski definition) is 10. The van der Waals surface area contributed by atoms with Crippen LogP contribution in [0.15, 0.2) is 10.2 Å². The molecule has 2 atom stereocenters. The van der Waals surface area contributed by atoms with Gasteiger partial charge in [0.05, 0.1) is 46.4 Å². The number of azide groups is 2. The Balaban J connectivity index is 4.33. The standard InChI is InChI=1S/C31H58N7O9P/c1-4-5-6-7-8-9-10-11-12-13-14-15-16-19-31(41)44-26-30(47-28(2)39)27-46-48(42,43)45-24-17-18-29(40)25-38(3,22-20-34-36-32)23-21-35-37-33/h30H,4-27H2,1-3H3/p+1/t30-/m1/s1. The van der Waals surface area contributed by atoms with Crippen LogP contribution in [0.4, 0.5) is 0 Å². The highest BCUT2D eigenvalue weighted by Gasteiger charge is 2.27. The number of ketones is 1. The van der Waals surface area contributed by atoms with E-state index in [1.165, 1.54) is 57.8 Å². The molecule has 0 heterocycles. The zero-order chi connectivity index (χ0) is 35.9. The molecular formula is C31H59N7O9P+. The first kappa shape index (κ1) is 45.3. The number of nitrogens with zero attached hydrogens (tertiary/aromatic N) is 7. The van der Waals surface area contributed by atoms with Crippen molar-refractivity contribution in [2.75, 3.05) is 59.6 Å². The highest BCUT2D eigenvalue weighted by molar-refractivity contribution is 7.47. The molecule has 17 heteroatoms. The topological polar surface area (TPSA) is 223 Å². The third-order valence-corrected chi connectivity index (χ3v) is 8.67. The molecule has 0 amide bonds. The fraction of sp³-hybridized carbons (Fsp3) is 0.903. The zero-order valence-electron chi connectivity index (χ0n) is 29.3. The predicted molar refractivity (Wildman–Crippen MR) is 182 cm³/mol. The molecule has 0 radical (unpaired) electrons. The van der Waals surface area contributed by atoms with Gasteiger partial charge in [0.15, 0.2) is 11.9 Å². The van der Waals surface area contributed by atoms with Crippen molar-refractivity contribution in [3.8, 4) is 0 Å². The summed E-state index contributed by atoms with van der Waals surface area (Å²) in [5.74, 6) is -1.28. The maximum Gasteiger partial charge on any atom is 0.472 e. The van der Waals surface area contributed by atoms with E-state index in [1.54, 1.807) is 7.05 Å². The Morgan fingerprint density at radius 3 is 1.81 bits per heavy atom. The van der Waals surface area contributed by atoms with Crippen LogP contribution >= 0.6 is 7.82 Å². The first-order valence-corrected chi connectivity index (χ1v) is 18.8. The number of rotatable bonds is 33. The molecule has 0 spiro atoms. The highest BCUT2D eigenvalue weighted by Crippen LogP contribution is 2.43. The Labute approximate surface area is 285 Å². The fourth-order valence-corrected chi connectivity index (χ4v) is 5.79. The Hall–Kier alpha value is -2.70. The van der Waals surface area contributed by atoms with Crippen molar-refractivity contribution in [1.82, 2.24) is 0 Å². The lowest BCUT2D eigenvalue weighted by Gasteiger charge is -2.33. The van der Waals surface area contributed by atoms with E-state index in [0.29, 0.717) is 19.5 Å². The van der Waals surface area contributed by atoms with Crippen LogP contribution in [0.2, 0.25) is 0 Å². The number of phosphoric acid groups is 1. The molecule has 0 saturated carbocycles. The Morgan fingerprint density at radius 2 is 1.31 bits per heavy atom. The average Bonchev–Trinajstić information content (AvgIpc) is 3.03. The van der Waals surface area contributed by atoms with E-state index in [0.717, 1.165) is 26.2 Å². The lowest BCUT2D eigenvalue weighted by Crippen LogP contribution is -2.50. The lowest BCUT2D eigenvalue weighted by atomic mass is 10.0. The van der Waals surface area contributed by atoms with E-state index < -0.39 is 32.5 Å². The molecule has 0 aliphatic heterocycles. The van der Waals surface area contributed by atoms with Gasteiger partial charge in [-0.2, -0.15) is 0 Å². The molecule has 276 valence electrons. The van der Waals surface area contributed by atoms with E-state index in [2.05, 4.69) is 27.0 Å². The SMILES string of the molecule is CCCCCCCCCCCCCCCC(=O)OC[C@H](COP(=O)(O)OCCCC(=O)C[N+](C)(CCN=[N+]=[N-])CCN=[N+]=[N-])OC(C)=O. The van der Waals surface area contributed by atoms with Gasteiger partial charge in [-0.15, -0.1) is 0 Å². The monoisotopic (exact) mass is 704 g/mol. The van der Waals surface area contributed by atoms with Crippen LogP contribution in [-0.2, 0) is 37.5 Å². The molecule has 48 heavy (non-hydrogen) atoms. The fourth-order valence-electron chi connectivity index (χ4n) is 5.00. The first-order chi connectivity index (χ1) is 23.0. The van der Waals surface area contributed by atoms with Gasteiger partial charge in [-0.05, 0) is 23.9 Å². The van der Waals surface area contributed by atoms with E-state index in [4.69, 9.17) is 29.6 Å². The molecule has 1 N–H and O–H groups in total. The molecule has 0 aromatic carbocycles. The molecule has 0 saturated heterocycles. The molecule has 0 aliphatic carbocycles. The number of quaternary nitrogens is 1. The zero-order valence-corrected chi connectivity index (χ0v) is 30.2. The molecule has 0 rings (SSSR count). The highest BCUT2D eigenvalue weighted by atomic mass is 31.2. The number of unbranched alkanes of at least 4 members (excludes halogenated alkanes) is 12. The second-order valence-electron chi connectivity index (χ2n) is 12.3. The maximum absolute atomic E-state index is 12.6. The number of carbonyl (C=O) groups excluding carboxylic acids is 3. The van der Waals surface area contributed by atoms with Crippen LogP contribution in [0.1, 0.15) is 117 Å². The van der Waals surface area contributed by atoms with E-state index in [-0.39, 0.29) is 62.4 Å². The largest absolute Gasteiger partial charge is 0.472 e. The average molecular weight is 705 g/mol. The van der Waals surface area contributed by atoms with Crippen LogP contribution in [0.5, 0.6) is 0 Å². The van der Waals surface area contributed by atoms with E-state index in [1.807, 2.05) is 0 Å². The van der Waals surface area contributed by atoms with Gasteiger partial charge in [-0.1, -0.05) is 94.2 Å². The molecule has 1 unspecified atom stereocenters. The number of phosphoric ester groups is 1. The second kappa shape index (κ2) is 29.2. The number of Topliss-reactive ketones (excluding diaryl/α,β-unsaturated/α-hetero) is 1. The summed E-state index contributed by atoms with van der Waals surface area (Å²) >= 11 is 0. The minimum atomic E-state index is -4.56. The molecule has 0 fully saturated rings. The number of carbonyl (C=O) groups is 3. The van der Waals surface area contributed by atoms with Gasteiger partial charge < -0.3 is 18.9 Å². The van der Waals surface area contributed by atoms with Crippen LogP contribution in [-0.4, -0.2) is 92.8 Å². The van der Waals surface area contributed by atoms with Gasteiger partial charge >= 0.3 is 19.8 Å². The van der Waals surface area contributed by atoms with Gasteiger partial charge in [0.25, 0.3) is 0 Å². The van der Waals surface area contributed by atoms with Crippen molar-refractivity contribution in [2.45, 2.75) is 123 Å². The Kier molecular flexibility index (Phi) is 27.6. The van der Waals surface area contributed by atoms with Crippen molar-refractivity contribution in [3.63, 3.8) is 0 Å². The number of esters is 2. The minimum Gasteiger partial charge on any atom is -0.462 e. The third-order valence-electron chi connectivity index (χ3n) is 7.69. The van der Waals surface area contributed by atoms with Crippen molar-refractivity contribution < 1.29 is 46.8 Å². The number of likely N-dealkylation sites (N-methyl/N-ethyl adjacent to an activating group) is 1. The predicted octanol–water partition coefficient (Wildman–Crippen LogP) is 7.49. The number of hydrogen-bond donors (Lipinski definition) is 1. The summed E-state index contributed by atoms with van der Waals surface area (Å²) in [6, 6.07) is 0. The third kappa shape index (κ3) is 28.3. The summed E-state index contributed by atoms with van der Waals surface area (Å²) in [4.78, 5) is 51.7. The smallest absolute Gasteiger partial charge is 0.462 e. The molecule has 0 aromatic rings. The van der Waals surface area contributed by atoms with Crippen LogP contribution in [0, 0.1) is 0 Å². The normalized spacial score (nSPS) is 14.1. The quantitative estimate of drug-likeness (QED) is 0.0136. The van der Waals surface area contributed by atoms with Gasteiger partial charge in [-0.3, -0.25) is 23.4 Å². The minimum absolute atomic E-state index is 0.0438. The molecule has 0 bridgehead atoms. The Bertz CT molecular complexity index is 1030. The van der Waals surface area contributed by atoms with Crippen molar-refractivity contribution >= 4 is 25.5 Å². The molecule has 16 nitrogen and oxygen atoms in total. The summed E-state index contributed by atoms with van der Waals surface area (Å²) < 4.78 is 32.7. The molecular weight excluding hydrogens is 645 g/mol. The Morgan fingerprint density at radius 1 is 0.792 bits per heavy atom. The van der Waals surface area contributed by atoms with Crippen LogP contribution < -0.4 is 0 Å². The van der Waals surface area contributed by atoms with Crippen LogP contribution in [0.25, 0.3) is 20.9 Å². The summed E-state index contributed by atoms with van der Waals surface area (Å²) in [5, 5.41) is 7.00. The van der Waals surface area contributed by atoms with E-state index >= 15 is 0 Å². The van der Waals surface area contributed by atoms with E-state index in [9.17, 15) is 23.8 Å². The maximum atomic E-state index is 12.6. The second-order valence-corrected chi connectivity index (χ2v) is 13.7. The van der Waals surface area contributed by atoms with Gasteiger partial charge in [0, 0.05) is 29.6 Å². The summed E-state index contributed by atoms with van der Waals surface area (Å²) in [6.07, 6.45) is 14.8. The molecule has 0 aromatic heterocycles. The number of ether oxygens (including phenoxy) is 2.